The number of likely N-dealkylation sites (tertiary alicyclic amines) is 1. The van der Waals surface area contributed by atoms with Crippen LogP contribution in [0.2, 0.25) is 0 Å². The summed E-state index contributed by atoms with van der Waals surface area (Å²) in [7, 11) is 5.29. The van der Waals surface area contributed by atoms with Crippen molar-refractivity contribution in [2.24, 2.45) is 10.9 Å². The topological polar surface area (TPSA) is 46.1 Å². The maximum absolute atomic E-state index is 5.38. The Kier molecular flexibility index (Phi) is 8.55. The van der Waals surface area contributed by atoms with Crippen molar-refractivity contribution in [2.45, 2.75) is 13.0 Å². The molecule has 124 valence electrons. The highest BCUT2D eigenvalue weighted by atomic mass is 127. The maximum atomic E-state index is 5.38. The molecule has 1 atom stereocenters. The first-order chi connectivity index (χ1) is 10.3. The number of hydrogen-bond acceptors (Lipinski definition) is 3. The number of ether oxygens (including phenoxy) is 2. The van der Waals surface area contributed by atoms with Crippen LogP contribution in [0, 0.1) is 5.92 Å². The Morgan fingerprint density at radius 1 is 1.36 bits per heavy atom. The number of para-hydroxylation sites is 1. The summed E-state index contributed by atoms with van der Waals surface area (Å²) in [5.74, 6) is 2.44. The Bertz CT molecular complexity index is 482. The highest BCUT2D eigenvalue weighted by Gasteiger charge is 2.24. The first-order valence-corrected chi connectivity index (χ1v) is 7.35. The summed E-state index contributed by atoms with van der Waals surface area (Å²) in [5.41, 5.74) is 1.13. The second kappa shape index (κ2) is 9.89. The molecule has 2 rings (SSSR count). The minimum atomic E-state index is 0. The maximum Gasteiger partial charge on any atom is 0.193 e. The minimum Gasteiger partial charge on any atom is -0.496 e. The van der Waals surface area contributed by atoms with Gasteiger partial charge in [0.2, 0.25) is 0 Å². The Balaban J connectivity index is 0.00000242. The molecule has 6 heteroatoms. The van der Waals surface area contributed by atoms with E-state index in [1.165, 1.54) is 0 Å². The number of aliphatic imine (C=N–C) groups is 1. The third-order valence-corrected chi connectivity index (χ3v) is 3.83. The molecule has 22 heavy (non-hydrogen) atoms. The molecule has 1 heterocycles. The van der Waals surface area contributed by atoms with Crippen molar-refractivity contribution >= 4 is 29.9 Å². The molecule has 0 radical (unpaired) electrons. The highest BCUT2D eigenvalue weighted by Crippen LogP contribution is 2.18. The van der Waals surface area contributed by atoms with E-state index >= 15 is 0 Å². The number of halogens is 1. The fraction of sp³-hybridized carbons (Fsp3) is 0.562. The van der Waals surface area contributed by atoms with Crippen LogP contribution in [0.1, 0.15) is 12.0 Å². The van der Waals surface area contributed by atoms with Crippen LogP contribution in [0.25, 0.3) is 0 Å². The van der Waals surface area contributed by atoms with E-state index in [4.69, 9.17) is 9.47 Å². The zero-order chi connectivity index (χ0) is 15.1. The molecule has 1 aromatic carbocycles. The van der Waals surface area contributed by atoms with Crippen LogP contribution < -0.4 is 10.1 Å². The van der Waals surface area contributed by atoms with Crippen LogP contribution in [0.15, 0.2) is 29.3 Å². The number of nitrogens with one attached hydrogen (secondary N) is 1. The van der Waals surface area contributed by atoms with Gasteiger partial charge >= 0.3 is 0 Å². The van der Waals surface area contributed by atoms with E-state index in [0.29, 0.717) is 12.5 Å². The molecular formula is C16H26IN3O2. The van der Waals surface area contributed by atoms with Crippen LogP contribution >= 0.6 is 24.0 Å². The average molecular weight is 419 g/mol. The van der Waals surface area contributed by atoms with Crippen molar-refractivity contribution in [1.29, 1.82) is 0 Å². The monoisotopic (exact) mass is 419 g/mol. The van der Waals surface area contributed by atoms with Crippen molar-refractivity contribution in [1.82, 2.24) is 10.2 Å². The van der Waals surface area contributed by atoms with Crippen LogP contribution in [0.3, 0.4) is 0 Å². The van der Waals surface area contributed by atoms with Crippen LogP contribution in [0.5, 0.6) is 5.75 Å². The van der Waals surface area contributed by atoms with Gasteiger partial charge in [0.15, 0.2) is 5.96 Å². The van der Waals surface area contributed by atoms with Gasteiger partial charge in [-0.2, -0.15) is 0 Å². The summed E-state index contributed by atoms with van der Waals surface area (Å²) in [6.07, 6.45) is 1.16. The number of hydrogen-bond donors (Lipinski definition) is 1. The summed E-state index contributed by atoms with van der Waals surface area (Å²) in [6.45, 7) is 3.56. The first-order valence-electron chi connectivity index (χ1n) is 7.35. The molecule has 1 aliphatic heterocycles. The van der Waals surface area contributed by atoms with Crippen molar-refractivity contribution < 1.29 is 9.47 Å². The Labute approximate surface area is 150 Å². The fourth-order valence-corrected chi connectivity index (χ4v) is 2.75. The lowest BCUT2D eigenvalue weighted by Crippen LogP contribution is -2.39. The van der Waals surface area contributed by atoms with Crippen molar-refractivity contribution in [3.63, 3.8) is 0 Å². The zero-order valence-corrected chi connectivity index (χ0v) is 15.9. The smallest absolute Gasteiger partial charge is 0.193 e. The standard InChI is InChI=1S/C16H25N3O2.HI/c1-17-16(19-9-8-13(11-19)12-20-2)18-10-14-6-4-5-7-15(14)21-3;/h4-7,13H,8-12H2,1-3H3,(H,17,18);1H. The van der Waals surface area contributed by atoms with Gasteiger partial charge in [-0.1, -0.05) is 18.2 Å². The van der Waals surface area contributed by atoms with Gasteiger partial charge in [-0.3, -0.25) is 4.99 Å². The molecule has 0 spiro atoms. The Morgan fingerprint density at radius 3 is 2.82 bits per heavy atom. The predicted molar refractivity (Wildman–Crippen MR) is 100 cm³/mol. The van der Waals surface area contributed by atoms with Crippen molar-refractivity contribution in [2.75, 3.05) is 41.0 Å². The zero-order valence-electron chi connectivity index (χ0n) is 13.5. The molecule has 1 N–H and O–H groups in total. The minimum absolute atomic E-state index is 0. The Morgan fingerprint density at radius 2 is 2.14 bits per heavy atom. The molecule has 1 aromatic rings. The number of methoxy groups -OCH3 is 2. The third-order valence-electron chi connectivity index (χ3n) is 3.83. The van der Waals surface area contributed by atoms with E-state index in [2.05, 4.69) is 21.3 Å². The number of guanidine groups is 1. The second-order valence-electron chi connectivity index (χ2n) is 5.27. The molecule has 5 nitrogen and oxygen atoms in total. The highest BCUT2D eigenvalue weighted by molar-refractivity contribution is 14.0. The largest absolute Gasteiger partial charge is 0.496 e. The van der Waals surface area contributed by atoms with Crippen LogP contribution in [-0.4, -0.2) is 51.8 Å². The predicted octanol–water partition coefficient (Wildman–Crippen LogP) is 2.36. The summed E-state index contributed by atoms with van der Waals surface area (Å²) in [5, 5.41) is 3.42. The summed E-state index contributed by atoms with van der Waals surface area (Å²) in [6, 6.07) is 8.04. The number of nitrogens with zero attached hydrogens (tertiary/aromatic N) is 2. The van der Waals surface area contributed by atoms with Gasteiger partial charge in [0.05, 0.1) is 13.7 Å². The number of benzene rings is 1. The first kappa shape index (κ1) is 19.0. The van der Waals surface area contributed by atoms with E-state index in [-0.39, 0.29) is 24.0 Å². The average Bonchev–Trinajstić information content (AvgIpc) is 2.97. The molecule has 1 saturated heterocycles. The SMILES string of the molecule is CN=C(NCc1ccccc1OC)N1CCC(COC)C1.I. The lowest BCUT2D eigenvalue weighted by atomic mass is 10.1. The van der Waals surface area contributed by atoms with Crippen molar-refractivity contribution in [3.05, 3.63) is 29.8 Å². The molecule has 1 fully saturated rings. The van der Waals surface area contributed by atoms with Gasteiger partial charge in [0, 0.05) is 45.3 Å². The quantitative estimate of drug-likeness (QED) is 0.452. The van der Waals surface area contributed by atoms with Crippen LogP contribution in [0.4, 0.5) is 0 Å². The van der Waals surface area contributed by atoms with Gasteiger partial charge in [-0.05, 0) is 12.5 Å². The van der Waals surface area contributed by atoms with E-state index in [9.17, 15) is 0 Å². The van der Waals surface area contributed by atoms with E-state index in [0.717, 1.165) is 43.4 Å². The van der Waals surface area contributed by atoms with Gasteiger partial charge in [-0.15, -0.1) is 24.0 Å². The van der Waals surface area contributed by atoms with Gasteiger partial charge in [0.1, 0.15) is 5.75 Å². The molecule has 1 aliphatic rings. The van der Waals surface area contributed by atoms with E-state index in [1.54, 1.807) is 14.2 Å². The summed E-state index contributed by atoms with van der Waals surface area (Å²) < 4.78 is 10.6. The Hall–Kier alpha value is -1.02. The molecule has 0 bridgehead atoms. The molecule has 0 saturated carbocycles. The summed E-state index contributed by atoms with van der Waals surface area (Å²) >= 11 is 0. The molecular weight excluding hydrogens is 393 g/mol. The van der Waals surface area contributed by atoms with Gasteiger partial charge in [0.25, 0.3) is 0 Å². The molecule has 0 aromatic heterocycles. The normalized spacial score (nSPS) is 18.0. The molecule has 0 aliphatic carbocycles. The van der Waals surface area contributed by atoms with Crippen LogP contribution in [-0.2, 0) is 11.3 Å². The lowest BCUT2D eigenvalue weighted by Gasteiger charge is -2.22. The summed E-state index contributed by atoms with van der Waals surface area (Å²) in [4.78, 5) is 6.68. The number of rotatable bonds is 5. The van der Waals surface area contributed by atoms with E-state index < -0.39 is 0 Å². The molecule has 0 amide bonds. The van der Waals surface area contributed by atoms with Gasteiger partial charge < -0.3 is 19.7 Å². The van der Waals surface area contributed by atoms with Crippen molar-refractivity contribution in [3.8, 4) is 5.75 Å². The van der Waals surface area contributed by atoms with Gasteiger partial charge in [-0.25, -0.2) is 0 Å². The third kappa shape index (κ3) is 5.01. The second-order valence-corrected chi connectivity index (χ2v) is 5.27. The fourth-order valence-electron chi connectivity index (χ4n) is 2.75. The molecule has 1 unspecified atom stereocenters. The van der Waals surface area contributed by atoms with E-state index in [1.807, 2.05) is 25.2 Å². The lowest BCUT2D eigenvalue weighted by molar-refractivity contribution is 0.157.